The van der Waals surface area contributed by atoms with Gasteiger partial charge >= 0.3 is 0 Å². The topological polar surface area (TPSA) is 106 Å². The van der Waals surface area contributed by atoms with Crippen LogP contribution in [-0.4, -0.2) is 37.5 Å². The molecular formula is C21H25N3O5. The van der Waals surface area contributed by atoms with E-state index in [1.165, 1.54) is 7.11 Å². The summed E-state index contributed by atoms with van der Waals surface area (Å²) in [6.45, 7) is 5.12. The van der Waals surface area contributed by atoms with Crippen LogP contribution in [0.5, 0.6) is 11.5 Å². The number of hydrazine groups is 1. The maximum Gasteiger partial charge on any atom is 0.279 e. The summed E-state index contributed by atoms with van der Waals surface area (Å²) in [5.74, 6) is -0.564. The number of rotatable bonds is 7. The molecule has 0 heterocycles. The van der Waals surface area contributed by atoms with Crippen molar-refractivity contribution in [2.75, 3.05) is 13.7 Å². The lowest BCUT2D eigenvalue weighted by Crippen LogP contribution is -2.50. The second-order valence-corrected chi connectivity index (χ2v) is 6.38. The predicted molar refractivity (Wildman–Crippen MR) is 108 cm³/mol. The first kappa shape index (κ1) is 21.7. The number of hydrogen-bond donors (Lipinski definition) is 3. The summed E-state index contributed by atoms with van der Waals surface area (Å²) in [6, 6.07) is 12.2. The van der Waals surface area contributed by atoms with Gasteiger partial charge in [-0.3, -0.25) is 25.2 Å². The molecule has 0 spiro atoms. The van der Waals surface area contributed by atoms with Crippen LogP contribution in [0.4, 0.5) is 0 Å². The fraction of sp³-hybridized carbons (Fsp3) is 0.286. The third-order valence-corrected chi connectivity index (χ3v) is 4.31. The number of ether oxygens (including phenoxy) is 2. The fourth-order valence-corrected chi connectivity index (χ4v) is 2.46. The average Bonchev–Trinajstić information content (AvgIpc) is 2.73. The van der Waals surface area contributed by atoms with Gasteiger partial charge in [0.25, 0.3) is 17.7 Å². The summed E-state index contributed by atoms with van der Waals surface area (Å²) in [4.78, 5) is 36.2. The van der Waals surface area contributed by atoms with Gasteiger partial charge in [0.05, 0.1) is 19.2 Å². The largest absolute Gasteiger partial charge is 0.496 e. The lowest BCUT2D eigenvalue weighted by molar-refractivity contribution is -0.132. The highest BCUT2D eigenvalue weighted by Gasteiger charge is 2.17. The number of hydrogen-bond acceptors (Lipinski definition) is 5. The van der Waals surface area contributed by atoms with E-state index >= 15 is 0 Å². The van der Waals surface area contributed by atoms with Crippen LogP contribution in [-0.2, 0) is 9.59 Å². The van der Waals surface area contributed by atoms with E-state index in [-0.39, 0.29) is 6.54 Å². The normalized spacial score (nSPS) is 11.2. The molecule has 0 fully saturated rings. The number of para-hydroxylation sites is 1. The number of aryl methyl sites for hydroxylation is 1. The zero-order chi connectivity index (χ0) is 21.4. The Morgan fingerprint density at radius 3 is 2.38 bits per heavy atom. The van der Waals surface area contributed by atoms with E-state index < -0.39 is 23.8 Å². The van der Waals surface area contributed by atoms with Crippen molar-refractivity contribution in [2.45, 2.75) is 26.9 Å². The molecule has 8 heteroatoms. The molecule has 29 heavy (non-hydrogen) atoms. The molecule has 3 amide bonds. The highest BCUT2D eigenvalue weighted by molar-refractivity contribution is 5.98. The number of carbonyl (C=O) groups excluding carboxylic acids is 3. The third kappa shape index (κ3) is 5.97. The summed E-state index contributed by atoms with van der Waals surface area (Å²) in [5, 5.41) is 2.47. The molecule has 3 N–H and O–H groups in total. The van der Waals surface area contributed by atoms with Crippen LogP contribution in [0.2, 0.25) is 0 Å². The van der Waals surface area contributed by atoms with Gasteiger partial charge in [0.15, 0.2) is 6.10 Å². The first-order chi connectivity index (χ1) is 13.8. The summed E-state index contributed by atoms with van der Waals surface area (Å²) in [6.07, 6.45) is -0.820. The lowest BCUT2D eigenvalue weighted by atomic mass is 10.1. The summed E-state index contributed by atoms with van der Waals surface area (Å²) >= 11 is 0. The molecule has 0 aliphatic heterocycles. The van der Waals surface area contributed by atoms with Crippen molar-refractivity contribution < 1.29 is 23.9 Å². The van der Waals surface area contributed by atoms with Crippen molar-refractivity contribution in [3.8, 4) is 11.5 Å². The number of nitrogens with one attached hydrogen (secondary N) is 3. The molecule has 0 saturated heterocycles. The monoisotopic (exact) mass is 399 g/mol. The van der Waals surface area contributed by atoms with Crippen molar-refractivity contribution in [1.82, 2.24) is 16.2 Å². The van der Waals surface area contributed by atoms with Crippen LogP contribution < -0.4 is 25.6 Å². The summed E-state index contributed by atoms with van der Waals surface area (Å²) in [7, 11) is 1.45. The van der Waals surface area contributed by atoms with Crippen LogP contribution in [0.25, 0.3) is 0 Å². The maximum absolute atomic E-state index is 12.2. The van der Waals surface area contributed by atoms with Gasteiger partial charge in [-0.2, -0.15) is 0 Å². The Hall–Kier alpha value is -3.55. The molecule has 0 aliphatic carbocycles. The molecule has 0 aliphatic rings. The van der Waals surface area contributed by atoms with Gasteiger partial charge in [-0.05, 0) is 50.1 Å². The maximum atomic E-state index is 12.2. The van der Waals surface area contributed by atoms with Gasteiger partial charge in [-0.25, -0.2) is 0 Å². The number of methoxy groups -OCH3 is 1. The highest BCUT2D eigenvalue weighted by atomic mass is 16.5. The molecule has 1 atom stereocenters. The van der Waals surface area contributed by atoms with Crippen molar-refractivity contribution >= 4 is 17.7 Å². The zero-order valence-corrected chi connectivity index (χ0v) is 16.9. The summed E-state index contributed by atoms with van der Waals surface area (Å²) < 4.78 is 10.8. The molecule has 8 nitrogen and oxygen atoms in total. The van der Waals surface area contributed by atoms with Crippen molar-refractivity contribution in [1.29, 1.82) is 0 Å². The lowest BCUT2D eigenvalue weighted by Gasteiger charge is -2.17. The molecule has 2 rings (SSSR count). The second-order valence-electron chi connectivity index (χ2n) is 6.38. The Balaban J connectivity index is 1.80. The van der Waals surface area contributed by atoms with E-state index in [2.05, 4.69) is 16.2 Å². The molecule has 0 radical (unpaired) electrons. The van der Waals surface area contributed by atoms with E-state index in [0.717, 1.165) is 11.1 Å². The first-order valence-corrected chi connectivity index (χ1v) is 9.06. The van der Waals surface area contributed by atoms with E-state index in [1.54, 1.807) is 37.3 Å². The van der Waals surface area contributed by atoms with Gasteiger partial charge in [-0.15, -0.1) is 0 Å². The molecule has 154 valence electrons. The minimum atomic E-state index is -0.820. The van der Waals surface area contributed by atoms with Crippen molar-refractivity contribution in [2.24, 2.45) is 0 Å². The number of amides is 3. The smallest absolute Gasteiger partial charge is 0.279 e. The Labute approximate surface area is 169 Å². The fourth-order valence-electron chi connectivity index (χ4n) is 2.46. The Morgan fingerprint density at radius 2 is 1.66 bits per heavy atom. The van der Waals surface area contributed by atoms with Crippen molar-refractivity contribution in [3.05, 3.63) is 59.2 Å². The first-order valence-electron chi connectivity index (χ1n) is 9.06. The Morgan fingerprint density at radius 1 is 0.966 bits per heavy atom. The van der Waals surface area contributed by atoms with Crippen LogP contribution in [0.3, 0.4) is 0 Å². The van der Waals surface area contributed by atoms with Gasteiger partial charge in [0.1, 0.15) is 11.5 Å². The van der Waals surface area contributed by atoms with E-state index in [4.69, 9.17) is 9.47 Å². The van der Waals surface area contributed by atoms with Crippen LogP contribution in [0.15, 0.2) is 42.5 Å². The van der Waals surface area contributed by atoms with E-state index in [0.29, 0.717) is 17.1 Å². The van der Waals surface area contributed by atoms with Gasteiger partial charge in [-0.1, -0.05) is 24.3 Å². The third-order valence-electron chi connectivity index (χ3n) is 4.31. The predicted octanol–water partition coefficient (Wildman–Crippen LogP) is 1.66. The van der Waals surface area contributed by atoms with Crippen LogP contribution in [0, 0.1) is 13.8 Å². The van der Waals surface area contributed by atoms with Crippen molar-refractivity contribution in [3.63, 3.8) is 0 Å². The molecular weight excluding hydrogens is 374 g/mol. The van der Waals surface area contributed by atoms with Gasteiger partial charge < -0.3 is 14.8 Å². The second kappa shape index (κ2) is 10.1. The van der Waals surface area contributed by atoms with Crippen LogP contribution in [0.1, 0.15) is 28.4 Å². The molecule has 2 aromatic rings. The Bertz CT molecular complexity index is 898. The zero-order valence-electron chi connectivity index (χ0n) is 16.9. The molecule has 0 bridgehead atoms. The minimum absolute atomic E-state index is 0.308. The van der Waals surface area contributed by atoms with E-state index in [9.17, 15) is 14.4 Å². The summed E-state index contributed by atoms with van der Waals surface area (Å²) in [5.41, 5.74) is 6.83. The number of benzene rings is 2. The van der Waals surface area contributed by atoms with Crippen LogP contribution >= 0.6 is 0 Å². The minimum Gasteiger partial charge on any atom is -0.496 e. The molecule has 0 aromatic heterocycles. The Kier molecular flexibility index (Phi) is 7.59. The quantitative estimate of drug-likeness (QED) is 0.614. The molecule has 0 unspecified atom stereocenters. The van der Waals surface area contributed by atoms with E-state index in [1.807, 2.05) is 26.0 Å². The van der Waals surface area contributed by atoms with Gasteiger partial charge in [0.2, 0.25) is 0 Å². The number of carbonyl (C=O) groups is 3. The van der Waals surface area contributed by atoms with Gasteiger partial charge in [0, 0.05) is 0 Å². The average molecular weight is 399 g/mol. The standard InChI is InChI=1S/C21H25N3O5/c1-13-8-7-11-17(14(13)2)29-15(3)20(26)24-23-19(25)12-22-21(27)16-9-5-6-10-18(16)28-4/h5-11,15H,12H2,1-4H3,(H,22,27)(H,23,25)(H,24,26)/t15-/m0/s1. The molecule has 0 saturated carbocycles. The molecule has 2 aromatic carbocycles. The SMILES string of the molecule is COc1ccccc1C(=O)NCC(=O)NNC(=O)[C@H](C)Oc1cccc(C)c1C. The highest BCUT2D eigenvalue weighted by Crippen LogP contribution is 2.21.